The number of hydrogen-bond acceptors (Lipinski definition) is 6. The molecule has 0 spiro atoms. The minimum absolute atomic E-state index is 0.101. The minimum atomic E-state index is -3.63. The summed E-state index contributed by atoms with van der Waals surface area (Å²) in [6, 6.07) is 4.43. The summed E-state index contributed by atoms with van der Waals surface area (Å²) in [5, 5.41) is 11.9. The second-order valence-electron chi connectivity index (χ2n) is 7.85. The van der Waals surface area contributed by atoms with Gasteiger partial charge < -0.3 is 9.88 Å². The Balaban J connectivity index is 1.69. The molecule has 0 unspecified atom stereocenters. The average Bonchev–Trinajstić information content (AvgIpc) is 2.91. The van der Waals surface area contributed by atoms with Crippen LogP contribution in [0.25, 0.3) is 0 Å². The number of aromatic nitrogens is 3. The quantitative estimate of drug-likeness (QED) is 0.597. The van der Waals surface area contributed by atoms with E-state index in [9.17, 15) is 13.2 Å². The van der Waals surface area contributed by atoms with Gasteiger partial charge in [-0.25, -0.2) is 8.42 Å². The molecule has 1 aliphatic rings. The zero-order valence-corrected chi connectivity index (χ0v) is 20.4. The molecule has 1 amide bonds. The number of nitrogens with zero attached hydrogens (tertiary/aromatic N) is 4. The monoisotopic (exact) mass is 485 g/mol. The summed E-state index contributed by atoms with van der Waals surface area (Å²) < 4.78 is 29.5. The van der Waals surface area contributed by atoms with Crippen molar-refractivity contribution in [1.82, 2.24) is 19.1 Å². The van der Waals surface area contributed by atoms with E-state index >= 15 is 0 Å². The Hall–Kier alpha value is -1.62. The third-order valence-corrected chi connectivity index (χ3v) is 8.38. The molecule has 1 aromatic carbocycles. The van der Waals surface area contributed by atoms with Gasteiger partial charge in [-0.1, -0.05) is 50.1 Å². The number of hydrogen-bond donors (Lipinski definition) is 1. The van der Waals surface area contributed by atoms with Gasteiger partial charge in [0.25, 0.3) is 0 Å². The Kier molecular flexibility index (Phi) is 8.01. The summed E-state index contributed by atoms with van der Waals surface area (Å²) in [6.45, 7) is 5.08. The number of nitrogens with one attached hydrogen (secondary N) is 1. The van der Waals surface area contributed by atoms with Gasteiger partial charge in [-0.2, -0.15) is 4.31 Å². The number of carbonyl (C=O) groups excluding carboxylic acids is 1. The van der Waals surface area contributed by atoms with Gasteiger partial charge in [0.15, 0.2) is 5.16 Å². The van der Waals surface area contributed by atoms with Crippen LogP contribution in [0.3, 0.4) is 0 Å². The largest absolute Gasteiger partial charge is 0.324 e. The van der Waals surface area contributed by atoms with E-state index in [2.05, 4.69) is 15.5 Å². The molecule has 1 aromatic heterocycles. The first-order valence-electron chi connectivity index (χ1n) is 10.3. The second kappa shape index (κ2) is 10.3. The number of anilines is 1. The van der Waals surface area contributed by atoms with Gasteiger partial charge in [0, 0.05) is 26.1 Å². The molecule has 8 nitrogen and oxygen atoms in total. The fraction of sp³-hybridized carbons (Fsp3) is 0.550. The van der Waals surface area contributed by atoms with Crippen molar-refractivity contribution in [3.8, 4) is 0 Å². The lowest BCUT2D eigenvalue weighted by Crippen LogP contribution is -2.32. The van der Waals surface area contributed by atoms with Gasteiger partial charge in [-0.3, -0.25) is 4.79 Å². The molecule has 2 aromatic rings. The maximum atomic E-state index is 13.0. The minimum Gasteiger partial charge on any atom is -0.324 e. The molecule has 1 N–H and O–H groups in total. The van der Waals surface area contributed by atoms with E-state index in [-0.39, 0.29) is 33.2 Å². The van der Waals surface area contributed by atoms with Crippen molar-refractivity contribution < 1.29 is 13.2 Å². The highest BCUT2D eigenvalue weighted by Gasteiger charge is 2.26. The van der Waals surface area contributed by atoms with Crippen molar-refractivity contribution in [1.29, 1.82) is 0 Å². The van der Waals surface area contributed by atoms with Crippen LogP contribution in [-0.2, 0) is 21.9 Å². The zero-order chi connectivity index (χ0) is 22.6. The number of halogens is 1. The molecule has 170 valence electrons. The molecule has 0 atom stereocenters. The molecular formula is C20H28ClN5O3S2. The summed E-state index contributed by atoms with van der Waals surface area (Å²) in [6.07, 6.45) is 3.79. The van der Waals surface area contributed by atoms with Gasteiger partial charge in [-0.15, -0.1) is 10.2 Å². The first kappa shape index (κ1) is 24.0. The van der Waals surface area contributed by atoms with Gasteiger partial charge in [-0.05, 0) is 31.0 Å². The first-order chi connectivity index (χ1) is 14.7. The zero-order valence-electron chi connectivity index (χ0n) is 18.0. The van der Waals surface area contributed by atoms with Crippen LogP contribution in [-0.4, -0.2) is 52.2 Å². The van der Waals surface area contributed by atoms with Crippen LogP contribution in [0.2, 0.25) is 5.02 Å². The van der Waals surface area contributed by atoms with Crippen molar-refractivity contribution >= 4 is 45.0 Å². The predicted molar refractivity (Wildman–Crippen MR) is 123 cm³/mol. The molecule has 0 saturated carbocycles. The normalized spacial score (nSPS) is 15.8. The predicted octanol–water partition coefficient (Wildman–Crippen LogP) is 3.89. The highest BCUT2D eigenvalue weighted by Crippen LogP contribution is 2.28. The molecular weight excluding hydrogens is 458 g/mol. The van der Waals surface area contributed by atoms with E-state index < -0.39 is 10.0 Å². The fourth-order valence-electron chi connectivity index (χ4n) is 3.46. The molecule has 2 heterocycles. The molecule has 1 saturated heterocycles. The van der Waals surface area contributed by atoms with Crippen molar-refractivity contribution in [3.63, 3.8) is 0 Å². The summed E-state index contributed by atoms with van der Waals surface area (Å²) in [5.74, 6) is 0.875. The van der Waals surface area contributed by atoms with Crippen LogP contribution < -0.4 is 5.32 Å². The summed E-state index contributed by atoms with van der Waals surface area (Å²) in [5.41, 5.74) is 0.281. The van der Waals surface area contributed by atoms with Crippen molar-refractivity contribution in [3.05, 3.63) is 29.0 Å². The van der Waals surface area contributed by atoms with Crippen molar-refractivity contribution in [2.45, 2.75) is 55.5 Å². The Morgan fingerprint density at radius 1 is 1.19 bits per heavy atom. The molecule has 0 bridgehead atoms. The average molecular weight is 486 g/mol. The van der Waals surface area contributed by atoms with Crippen LogP contribution in [0.1, 0.15) is 51.3 Å². The highest BCUT2D eigenvalue weighted by molar-refractivity contribution is 7.99. The number of benzene rings is 1. The molecule has 1 fully saturated rings. The Morgan fingerprint density at radius 2 is 1.87 bits per heavy atom. The smallest absolute Gasteiger partial charge is 0.243 e. The van der Waals surface area contributed by atoms with E-state index in [0.717, 1.165) is 31.5 Å². The van der Waals surface area contributed by atoms with Crippen LogP contribution in [0.4, 0.5) is 5.69 Å². The van der Waals surface area contributed by atoms with E-state index in [1.165, 1.54) is 34.3 Å². The third kappa shape index (κ3) is 5.79. The van der Waals surface area contributed by atoms with Gasteiger partial charge in [0.2, 0.25) is 15.9 Å². The second-order valence-corrected chi connectivity index (χ2v) is 11.1. The third-order valence-electron chi connectivity index (χ3n) is 5.13. The van der Waals surface area contributed by atoms with Gasteiger partial charge in [0.1, 0.15) is 5.82 Å². The number of carbonyl (C=O) groups is 1. The Morgan fingerprint density at radius 3 is 2.48 bits per heavy atom. The van der Waals surface area contributed by atoms with Crippen molar-refractivity contribution in [2.75, 3.05) is 24.2 Å². The standard InChI is InChI=1S/C20H28ClN5O3S2/c1-14(2)19-23-24-20(25(19)3)30-13-18(27)22-17-12-15(8-9-16(17)21)31(28,29)26-10-6-4-5-7-11-26/h8-9,12,14H,4-7,10-11,13H2,1-3H3,(H,22,27). The lowest BCUT2D eigenvalue weighted by molar-refractivity contribution is -0.113. The van der Waals surface area contributed by atoms with Crippen LogP contribution in [0.15, 0.2) is 28.3 Å². The highest BCUT2D eigenvalue weighted by atomic mass is 35.5. The Labute approximate surface area is 192 Å². The van der Waals surface area contributed by atoms with E-state index in [1.807, 2.05) is 25.5 Å². The molecule has 11 heteroatoms. The molecule has 3 rings (SSSR count). The molecule has 0 radical (unpaired) electrons. The lowest BCUT2D eigenvalue weighted by atomic mass is 10.2. The van der Waals surface area contributed by atoms with E-state index in [4.69, 9.17) is 11.6 Å². The SMILES string of the molecule is CC(C)c1nnc(SCC(=O)Nc2cc(S(=O)(=O)N3CCCCCC3)ccc2Cl)n1C. The maximum Gasteiger partial charge on any atom is 0.243 e. The molecule has 1 aliphatic heterocycles. The number of amides is 1. The lowest BCUT2D eigenvalue weighted by Gasteiger charge is -2.20. The van der Waals surface area contributed by atoms with Crippen LogP contribution in [0, 0.1) is 0 Å². The Bertz CT molecular complexity index is 1030. The van der Waals surface area contributed by atoms with Gasteiger partial charge in [0.05, 0.1) is 21.4 Å². The van der Waals surface area contributed by atoms with Gasteiger partial charge >= 0.3 is 0 Å². The van der Waals surface area contributed by atoms with Crippen LogP contribution in [0.5, 0.6) is 0 Å². The number of sulfonamides is 1. The van der Waals surface area contributed by atoms with Crippen LogP contribution >= 0.6 is 23.4 Å². The summed E-state index contributed by atoms with van der Waals surface area (Å²) in [4.78, 5) is 12.6. The summed E-state index contributed by atoms with van der Waals surface area (Å²) in [7, 11) is -1.77. The maximum absolute atomic E-state index is 13.0. The summed E-state index contributed by atoms with van der Waals surface area (Å²) >= 11 is 7.49. The van der Waals surface area contributed by atoms with E-state index in [1.54, 1.807) is 0 Å². The molecule has 31 heavy (non-hydrogen) atoms. The topological polar surface area (TPSA) is 97.2 Å². The first-order valence-corrected chi connectivity index (χ1v) is 13.1. The van der Waals surface area contributed by atoms with E-state index in [0.29, 0.717) is 18.2 Å². The number of rotatable bonds is 7. The number of thioether (sulfide) groups is 1. The molecule has 0 aliphatic carbocycles. The van der Waals surface area contributed by atoms with Crippen molar-refractivity contribution in [2.24, 2.45) is 7.05 Å². The fourth-order valence-corrected chi connectivity index (χ4v) is 5.89.